The maximum Gasteiger partial charge on any atom is 0.272 e. The molecule has 0 spiro atoms. The number of nitrogens with one attached hydrogen (secondary N) is 4. The third-order valence-corrected chi connectivity index (χ3v) is 9.16. The largest absolute Gasteiger partial charge is 0.493 e. The number of carbonyl (C=O) groups is 4. The third-order valence-electron chi connectivity index (χ3n) is 9.16. The fourth-order valence-corrected chi connectivity index (χ4v) is 6.40. The number of methoxy groups -OCH3 is 1. The summed E-state index contributed by atoms with van der Waals surface area (Å²) in [5, 5.41) is 11.6. The van der Waals surface area contributed by atoms with E-state index >= 15 is 0 Å². The summed E-state index contributed by atoms with van der Waals surface area (Å²) >= 11 is 0. The van der Waals surface area contributed by atoms with Gasteiger partial charge in [-0.15, -0.1) is 0 Å². The molecule has 14 heteroatoms. The predicted molar refractivity (Wildman–Crippen MR) is 199 cm³/mol. The number of fused-ring (bicyclic) bond motifs is 2. The summed E-state index contributed by atoms with van der Waals surface area (Å²) in [6.07, 6.45) is 7.87. The highest BCUT2D eigenvalue weighted by Crippen LogP contribution is 2.38. The molecule has 0 saturated carbocycles. The summed E-state index contributed by atoms with van der Waals surface area (Å²) in [5.74, 6) is 0.133. The van der Waals surface area contributed by atoms with E-state index in [1.807, 2.05) is 49.6 Å². The number of hydrogen-bond acceptors (Lipinski definition) is 8. The Hall–Kier alpha value is -5.89. The van der Waals surface area contributed by atoms with Crippen molar-refractivity contribution in [2.45, 2.75) is 31.7 Å². The average Bonchev–Trinajstić information content (AvgIpc) is 3.85. The second-order valence-corrected chi connectivity index (χ2v) is 12.8. The molecule has 272 valence electrons. The van der Waals surface area contributed by atoms with Crippen LogP contribution in [0.1, 0.15) is 57.0 Å². The van der Waals surface area contributed by atoms with Crippen LogP contribution in [0.3, 0.4) is 0 Å². The van der Waals surface area contributed by atoms with E-state index in [4.69, 9.17) is 9.47 Å². The number of likely N-dealkylation sites (N-methyl/N-ethyl adjacent to an activating group) is 1. The van der Waals surface area contributed by atoms with Crippen LogP contribution in [0.4, 0.5) is 17.1 Å². The summed E-state index contributed by atoms with van der Waals surface area (Å²) in [6.45, 7) is 2.17. The maximum absolute atomic E-state index is 13.1. The van der Waals surface area contributed by atoms with Gasteiger partial charge in [-0.2, -0.15) is 0 Å². The van der Waals surface area contributed by atoms with Crippen molar-refractivity contribution >= 4 is 46.9 Å². The van der Waals surface area contributed by atoms with Crippen LogP contribution in [0.15, 0.2) is 65.9 Å². The number of aliphatic imine (C=N–C) groups is 1. The number of rotatable bonds is 14. The van der Waals surface area contributed by atoms with Gasteiger partial charge in [0.1, 0.15) is 11.4 Å². The molecule has 2 aliphatic rings. The molecule has 0 bridgehead atoms. The first-order chi connectivity index (χ1) is 25.1. The van der Waals surface area contributed by atoms with Gasteiger partial charge in [0.2, 0.25) is 5.91 Å². The van der Waals surface area contributed by atoms with Gasteiger partial charge in [-0.1, -0.05) is 12.1 Å². The van der Waals surface area contributed by atoms with E-state index in [0.29, 0.717) is 71.6 Å². The van der Waals surface area contributed by atoms with Crippen molar-refractivity contribution in [3.63, 3.8) is 0 Å². The van der Waals surface area contributed by atoms with E-state index in [1.54, 1.807) is 52.7 Å². The van der Waals surface area contributed by atoms with Crippen molar-refractivity contribution in [2.75, 3.05) is 51.0 Å². The van der Waals surface area contributed by atoms with Crippen LogP contribution in [-0.4, -0.2) is 90.3 Å². The zero-order valence-corrected chi connectivity index (χ0v) is 29.8. The fraction of sp³-hybridized carbons (Fsp3) is 0.342. The number of aromatic nitrogens is 2. The molecule has 6 rings (SSSR count). The molecule has 2 aromatic carbocycles. The summed E-state index contributed by atoms with van der Waals surface area (Å²) in [7, 11) is 6.92. The second-order valence-electron chi connectivity index (χ2n) is 12.8. The summed E-state index contributed by atoms with van der Waals surface area (Å²) in [4.78, 5) is 58.0. The molecule has 0 aliphatic carbocycles. The van der Waals surface area contributed by atoms with E-state index in [0.717, 1.165) is 24.0 Å². The number of amides is 4. The highest BCUT2D eigenvalue weighted by molar-refractivity contribution is 6.05. The Morgan fingerprint density at radius 3 is 2.42 bits per heavy atom. The van der Waals surface area contributed by atoms with E-state index in [9.17, 15) is 19.2 Å². The van der Waals surface area contributed by atoms with Gasteiger partial charge in [0.25, 0.3) is 17.7 Å². The molecule has 0 radical (unpaired) electrons. The molecular formula is C38H44N8O6. The molecule has 4 N–H and O–H groups in total. The molecule has 14 nitrogen and oxygen atoms in total. The Kier molecular flexibility index (Phi) is 11.0. The van der Waals surface area contributed by atoms with Gasteiger partial charge in [-0.25, -0.2) is 0 Å². The highest BCUT2D eigenvalue weighted by Gasteiger charge is 2.32. The molecule has 4 amide bonds. The summed E-state index contributed by atoms with van der Waals surface area (Å²) < 4.78 is 14.9. The predicted octanol–water partition coefficient (Wildman–Crippen LogP) is 4.36. The van der Waals surface area contributed by atoms with E-state index < -0.39 is 0 Å². The zero-order valence-electron chi connectivity index (χ0n) is 29.8. The number of carbonyl (C=O) groups excluding carboxylic acids is 4. The van der Waals surface area contributed by atoms with Crippen molar-refractivity contribution in [2.24, 2.45) is 19.1 Å². The van der Waals surface area contributed by atoms with E-state index in [-0.39, 0.29) is 42.7 Å². The van der Waals surface area contributed by atoms with Gasteiger partial charge >= 0.3 is 0 Å². The van der Waals surface area contributed by atoms with Crippen LogP contribution in [0.25, 0.3) is 11.1 Å². The molecular weight excluding hydrogens is 664 g/mol. The molecule has 1 fully saturated rings. The van der Waals surface area contributed by atoms with Crippen LogP contribution < -0.4 is 30.7 Å². The van der Waals surface area contributed by atoms with Gasteiger partial charge in [0.05, 0.1) is 36.7 Å². The quantitative estimate of drug-likeness (QED) is 0.142. The highest BCUT2D eigenvalue weighted by atomic mass is 16.5. The lowest BCUT2D eigenvalue weighted by atomic mass is 10.1. The van der Waals surface area contributed by atoms with Gasteiger partial charge in [0.15, 0.2) is 11.5 Å². The molecule has 2 aromatic heterocycles. The van der Waals surface area contributed by atoms with Crippen LogP contribution in [-0.2, 0) is 18.9 Å². The first-order valence-corrected chi connectivity index (χ1v) is 17.3. The van der Waals surface area contributed by atoms with Crippen molar-refractivity contribution in [3.05, 3.63) is 77.9 Å². The van der Waals surface area contributed by atoms with Crippen LogP contribution in [0, 0.1) is 0 Å². The Labute approximate surface area is 302 Å². The molecule has 4 heterocycles. The van der Waals surface area contributed by atoms with E-state index in [2.05, 4.69) is 26.3 Å². The first kappa shape index (κ1) is 35.9. The molecule has 1 saturated heterocycles. The summed E-state index contributed by atoms with van der Waals surface area (Å²) in [6, 6.07) is 14.2. The van der Waals surface area contributed by atoms with Gasteiger partial charge < -0.3 is 44.8 Å². The molecule has 1 unspecified atom stereocenters. The van der Waals surface area contributed by atoms with Gasteiger partial charge in [0, 0.05) is 76.1 Å². The third kappa shape index (κ3) is 8.02. The van der Waals surface area contributed by atoms with Crippen LogP contribution in [0.5, 0.6) is 11.5 Å². The first-order valence-electron chi connectivity index (χ1n) is 17.3. The van der Waals surface area contributed by atoms with E-state index in [1.165, 1.54) is 7.11 Å². The fourth-order valence-electron chi connectivity index (χ4n) is 6.40. The second kappa shape index (κ2) is 16.0. The minimum atomic E-state index is -0.328. The van der Waals surface area contributed by atoms with Crippen molar-refractivity contribution in [1.82, 2.24) is 24.7 Å². The monoisotopic (exact) mass is 708 g/mol. The Morgan fingerprint density at radius 1 is 0.885 bits per heavy atom. The lowest BCUT2D eigenvalue weighted by molar-refractivity contribution is -0.116. The number of aryl methyl sites for hydroxylation is 2. The lowest BCUT2D eigenvalue weighted by Gasteiger charge is -2.20. The molecule has 52 heavy (non-hydrogen) atoms. The number of nitrogens with zero attached hydrogens (tertiary/aromatic N) is 4. The number of anilines is 2. The average molecular weight is 709 g/mol. The molecule has 4 aromatic rings. The SMILES string of the molecule is CNCCNC(=O)c1cc(-c2ccc(NC(=O)c3cc(NC(=O)CCCOc4cc5c(cc4OC)C(=O)N4CCCC4C=N5)cn3C)cc2)cn1C. The smallest absolute Gasteiger partial charge is 0.272 e. The van der Waals surface area contributed by atoms with Crippen LogP contribution >= 0.6 is 0 Å². The zero-order chi connectivity index (χ0) is 36.8. The normalized spacial score (nSPS) is 14.7. The van der Waals surface area contributed by atoms with Crippen LogP contribution in [0.2, 0.25) is 0 Å². The van der Waals surface area contributed by atoms with Crippen molar-refractivity contribution < 1.29 is 28.7 Å². The van der Waals surface area contributed by atoms with Gasteiger partial charge in [-0.3, -0.25) is 24.2 Å². The van der Waals surface area contributed by atoms with Gasteiger partial charge in [-0.05, 0) is 62.2 Å². The minimum absolute atomic E-state index is 0.00719. The Balaban J connectivity index is 0.989. The van der Waals surface area contributed by atoms with Crippen molar-refractivity contribution in [1.29, 1.82) is 0 Å². The molecule has 2 aliphatic heterocycles. The molecule has 1 atom stereocenters. The number of hydrogen-bond donors (Lipinski definition) is 4. The standard InChI is InChI=1S/C38H44N8O6/c1-39-13-14-40-36(48)31-17-25(22-44(31)2)24-9-11-26(12-10-24)43-37(49)32-18-27(23-45(32)3)42-35(47)8-6-16-52-34-20-30-29(19-33(34)51-4)38(50)46-15-5-7-28(46)21-41-30/h9-12,17-23,28,39H,5-8,13-16H2,1-4H3,(H,40,48)(H,42,47)(H,43,49). The number of ether oxygens (including phenoxy) is 2. The summed E-state index contributed by atoms with van der Waals surface area (Å²) in [5.41, 5.74) is 4.84. The van der Waals surface area contributed by atoms with Crippen molar-refractivity contribution in [3.8, 4) is 22.6 Å². The lowest BCUT2D eigenvalue weighted by Crippen LogP contribution is -2.35. The minimum Gasteiger partial charge on any atom is -0.493 e. The maximum atomic E-state index is 13.1. The topological polar surface area (TPSA) is 160 Å². The Bertz CT molecular complexity index is 2000. The Morgan fingerprint density at radius 2 is 1.65 bits per heavy atom. The number of benzene rings is 2.